The second-order valence-corrected chi connectivity index (χ2v) is 6.61. The first-order valence-electron chi connectivity index (χ1n) is 9.39. The molecule has 0 atom stereocenters. The van der Waals surface area contributed by atoms with Crippen LogP contribution in [-0.2, 0) is 6.42 Å². The first-order chi connectivity index (χ1) is 12.8. The summed E-state index contributed by atoms with van der Waals surface area (Å²) in [7, 11) is 0. The summed E-state index contributed by atoms with van der Waals surface area (Å²) in [4.78, 5) is 25.8. The normalized spacial score (nSPS) is 13.2. The molecule has 2 aromatic rings. The highest BCUT2D eigenvalue weighted by molar-refractivity contribution is 5.92. The van der Waals surface area contributed by atoms with Crippen molar-refractivity contribution in [1.29, 1.82) is 0 Å². The summed E-state index contributed by atoms with van der Waals surface area (Å²) in [6.07, 6.45) is 6.04. The van der Waals surface area contributed by atoms with Crippen LogP contribution in [0.25, 0.3) is 0 Å². The number of rotatable bonds is 7. The highest BCUT2D eigenvalue weighted by Crippen LogP contribution is 2.16. The van der Waals surface area contributed by atoms with Crippen molar-refractivity contribution in [2.75, 3.05) is 37.6 Å². The number of anilines is 1. The van der Waals surface area contributed by atoms with E-state index in [1.165, 1.54) is 12.0 Å². The van der Waals surface area contributed by atoms with Gasteiger partial charge < -0.3 is 15.5 Å². The van der Waals surface area contributed by atoms with Crippen LogP contribution in [-0.4, -0.2) is 53.5 Å². The molecule has 0 radical (unpaired) electrons. The number of piperidine rings is 1. The van der Waals surface area contributed by atoms with E-state index in [0.717, 1.165) is 32.4 Å². The summed E-state index contributed by atoms with van der Waals surface area (Å²) < 4.78 is 0. The minimum Gasteiger partial charge on any atom is -0.341 e. The van der Waals surface area contributed by atoms with Gasteiger partial charge in [-0.3, -0.25) is 4.79 Å². The fraction of sp³-hybridized carbons (Fsp3) is 0.450. The lowest BCUT2D eigenvalue weighted by Gasteiger charge is -2.27. The zero-order valence-corrected chi connectivity index (χ0v) is 17.6. The van der Waals surface area contributed by atoms with Gasteiger partial charge in [-0.15, -0.1) is 24.8 Å². The van der Waals surface area contributed by atoms with Crippen molar-refractivity contribution in [2.24, 2.45) is 5.73 Å². The molecule has 0 bridgehead atoms. The van der Waals surface area contributed by atoms with Gasteiger partial charge in [0.1, 0.15) is 5.69 Å². The van der Waals surface area contributed by atoms with Gasteiger partial charge in [-0.2, -0.15) is 0 Å². The monoisotopic (exact) mass is 425 g/mol. The maximum Gasteiger partial charge on any atom is 0.272 e. The summed E-state index contributed by atoms with van der Waals surface area (Å²) in [6.45, 7) is 3.50. The Kier molecular flexibility index (Phi) is 10.8. The van der Waals surface area contributed by atoms with E-state index in [4.69, 9.17) is 5.73 Å². The molecule has 1 aromatic heterocycles. The van der Waals surface area contributed by atoms with Gasteiger partial charge in [-0.25, -0.2) is 9.97 Å². The maximum atomic E-state index is 13.0. The molecule has 1 aliphatic heterocycles. The molecule has 1 aliphatic rings. The van der Waals surface area contributed by atoms with Gasteiger partial charge in [-0.05, 0) is 37.3 Å². The summed E-state index contributed by atoms with van der Waals surface area (Å²) in [5, 5.41) is 0. The van der Waals surface area contributed by atoms with Crippen molar-refractivity contribution in [2.45, 2.75) is 25.7 Å². The number of carbonyl (C=O) groups is 1. The number of nitrogens with two attached hydrogens (primary N) is 1. The number of carbonyl (C=O) groups excluding carboxylic acids is 1. The van der Waals surface area contributed by atoms with Crippen molar-refractivity contribution >= 4 is 36.7 Å². The standard InChI is InChI=1S/C20H27N5O.2ClH/c21-11-16-24(15-10-17-7-3-1-4-8-17)19(26)18-9-12-22-20(23-18)25-13-5-2-6-14-25;;/h1,3-4,7-9,12H,2,5-6,10-11,13-16,21H2;2*1H. The molecule has 0 spiro atoms. The van der Waals surface area contributed by atoms with Crippen molar-refractivity contribution in [3.8, 4) is 0 Å². The highest BCUT2D eigenvalue weighted by Gasteiger charge is 2.19. The third-order valence-corrected chi connectivity index (χ3v) is 4.70. The largest absolute Gasteiger partial charge is 0.341 e. The number of halogens is 2. The number of amides is 1. The predicted molar refractivity (Wildman–Crippen MR) is 118 cm³/mol. The van der Waals surface area contributed by atoms with Crippen LogP contribution >= 0.6 is 24.8 Å². The van der Waals surface area contributed by atoms with Crippen LogP contribution in [0.2, 0.25) is 0 Å². The molecule has 6 nitrogen and oxygen atoms in total. The molecule has 2 N–H and O–H groups in total. The summed E-state index contributed by atoms with van der Waals surface area (Å²) in [6, 6.07) is 11.9. The Labute approximate surface area is 179 Å². The fourth-order valence-corrected chi connectivity index (χ4v) is 3.26. The Bertz CT molecular complexity index is 711. The molecule has 0 saturated carbocycles. The van der Waals surface area contributed by atoms with Crippen LogP contribution in [0, 0.1) is 0 Å². The van der Waals surface area contributed by atoms with Crippen LogP contribution < -0.4 is 10.6 Å². The van der Waals surface area contributed by atoms with Crippen LogP contribution in [0.3, 0.4) is 0 Å². The van der Waals surface area contributed by atoms with Gasteiger partial charge in [0, 0.05) is 38.9 Å². The van der Waals surface area contributed by atoms with Crippen molar-refractivity contribution in [3.05, 3.63) is 53.9 Å². The van der Waals surface area contributed by atoms with E-state index < -0.39 is 0 Å². The molecule has 8 heteroatoms. The molecule has 3 rings (SSSR count). The Hall–Kier alpha value is -1.89. The molecular weight excluding hydrogens is 397 g/mol. The molecule has 2 heterocycles. The zero-order valence-electron chi connectivity index (χ0n) is 16.0. The second-order valence-electron chi connectivity index (χ2n) is 6.61. The Morgan fingerprint density at radius 1 is 1.04 bits per heavy atom. The molecule has 28 heavy (non-hydrogen) atoms. The van der Waals surface area contributed by atoms with Gasteiger partial charge in [0.25, 0.3) is 5.91 Å². The van der Waals surface area contributed by atoms with E-state index in [-0.39, 0.29) is 30.7 Å². The second kappa shape index (κ2) is 12.5. The fourth-order valence-electron chi connectivity index (χ4n) is 3.26. The molecule has 1 fully saturated rings. The SMILES string of the molecule is Cl.Cl.NCCN(CCc1ccccc1)C(=O)c1ccnc(N2CCCCC2)n1. The van der Waals surface area contributed by atoms with E-state index >= 15 is 0 Å². The molecule has 1 saturated heterocycles. The Morgan fingerprint density at radius 3 is 2.43 bits per heavy atom. The number of aromatic nitrogens is 2. The smallest absolute Gasteiger partial charge is 0.272 e. The number of nitrogens with zero attached hydrogens (tertiary/aromatic N) is 4. The average molecular weight is 426 g/mol. The van der Waals surface area contributed by atoms with E-state index in [9.17, 15) is 4.79 Å². The van der Waals surface area contributed by atoms with Crippen molar-refractivity contribution < 1.29 is 4.79 Å². The van der Waals surface area contributed by atoms with Crippen LogP contribution in [0.15, 0.2) is 42.6 Å². The summed E-state index contributed by atoms with van der Waals surface area (Å²) in [5.74, 6) is 0.582. The van der Waals surface area contributed by atoms with Gasteiger partial charge in [0.2, 0.25) is 5.95 Å². The molecular formula is C20H29Cl2N5O. The van der Waals surface area contributed by atoms with E-state index in [0.29, 0.717) is 31.3 Å². The van der Waals surface area contributed by atoms with E-state index in [1.54, 1.807) is 17.2 Å². The maximum absolute atomic E-state index is 13.0. The Morgan fingerprint density at radius 2 is 1.75 bits per heavy atom. The lowest BCUT2D eigenvalue weighted by atomic mass is 10.1. The van der Waals surface area contributed by atoms with Gasteiger partial charge in [0.15, 0.2) is 0 Å². The van der Waals surface area contributed by atoms with Crippen LogP contribution in [0.5, 0.6) is 0 Å². The number of benzene rings is 1. The van der Waals surface area contributed by atoms with Gasteiger partial charge in [0.05, 0.1) is 0 Å². The lowest BCUT2D eigenvalue weighted by molar-refractivity contribution is 0.0756. The van der Waals surface area contributed by atoms with Crippen LogP contribution in [0.1, 0.15) is 35.3 Å². The average Bonchev–Trinajstić information content (AvgIpc) is 2.72. The highest BCUT2D eigenvalue weighted by atomic mass is 35.5. The first kappa shape index (κ1) is 24.1. The van der Waals surface area contributed by atoms with Crippen molar-refractivity contribution in [3.63, 3.8) is 0 Å². The number of hydrogen-bond acceptors (Lipinski definition) is 5. The van der Waals surface area contributed by atoms with Crippen LogP contribution in [0.4, 0.5) is 5.95 Å². The molecule has 0 aliphatic carbocycles. The zero-order chi connectivity index (χ0) is 18.2. The summed E-state index contributed by atoms with van der Waals surface area (Å²) in [5.41, 5.74) is 7.38. The minimum atomic E-state index is -0.0768. The third kappa shape index (κ3) is 6.62. The van der Waals surface area contributed by atoms with E-state index in [2.05, 4.69) is 27.0 Å². The molecule has 0 unspecified atom stereocenters. The molecule has 154 valence electrons. The molecule has 1 amide bonds. The first-order valence-corrected chi connectivity index (χ1v) is 9.39. The summed E-state index contributed by atoms with van der Waals surface area (Å²) >= 11 is 0. The lowest BCUT2D eigenvalue weighted by Crippen LogP contribution is -2.38. The van der Waals surface area contributed by atoms with Gasteiger partial charge >= 0.3 is 0 Å². The minimum absolute atomic E-state index is 0. The topological polar surface area (TPSA) is 75.3 Å². The van der Waals surface area contributed by atoms with E-state index in [1.807, 2.05) is 18.2 Å². The van der Waals surface area contributed by atoms with Gasteiger partial charge in [-0.1, -0.05) is 30.3 Å². The van der Waals surface area contributed by atoms with Crippen molar-refractivity contribution in [1.82, 2.24) is 14.9 Å². The quantitative estimate of drug-likeness (QED) is 0.737. The third-order valence-electron chi connectivity index (χ3n) is 4.70. The molecule has 1 aromatic carbocycles. The number of hydrogen-bond donors (Lipinski definition) is 1. The Balaban J connectivity index is 0.00000196. The predicted octanol–water partition coefficient (Wildman–Crippen LogP) is 2.95.